The molecule has 1 aromatic heterocycles. The number of carboxylic acid groups (broad SMARTS) is 1. The number of hydrogen-bond donors (Lipinski definition) is 1. The van der Waals surface area contributed by atoms with Crippen LogP contribution in [0.1, 0.15) is 29.9 Å². The summed E-state index contributed by atoms with van der Waals surface area (Å²) >= 11 is 0. The summed E-state index contributed by atoms with van der Waals surface area (Å²) in [5, 5.41) is 9.66. The highest BCUT2D eigenvalue weighted by atomic mass is 19.1. The van der Waals surface area contributed by atoms with Crippen LogP contribution >= 0.6 is 0 Å². The second-order valence-corrected chi connectivity index (χ2v) is 4.60. The number of halogens is 1. The number of carboxylic acids is 1. The second-order valence-electron chi connectivity index (χ2n) is 4.60. The summed E-state index contributed by atoms with van der Waals surface area (Å²) < 4.78 is 15.7. The molecule has 0 unspecified atom stereocenters. The van der Waals surface area contributed by atoms with Crippen LogP contribution in [0.2, 0.25) is 0 Å². The van der Waals surface area contributed by atoms with E-state index in [2.05, 4.69) is 0 Å². The van der Waals surface area contributed by atoms with Crippen molar-refractivity contribution in [2.75, 3.05) is 0 Å². The monoisotopic (exact) mass is 235 g/mol. The number of hydrogen-bond acceptors (Lipinski definition) is 1. The predicted molar refractivity (Wildman–Crippen MR) is 64.0 cm³/mol. The van der Waals surface area contributed by atoms with Crippen LogP contribution in [0.4, 0.5) is 4.39 Å². The average Bonchev–Trinajstić information content (AvgIpc) is 2.55. The van der Waals surface area contributed by atoms with Crippen LogP contribution in [-0.4, -0.2) is 15.6 Å². The van der Waals surface area contributed by atoms with E-state index < -0.39 is 11.6 Å². The predicted octanol–water partition coefficient (Wildman–Crippen LogP) is 3.08. The zero-order valence-corrected chi connectivity index (χ0v) is 9.99. The number of aryl methyl sites for hydroxylation is 1. The third-order valence-electron chi connectivity index (χ3n) is 2.93. The van der Waals surface area contributed by atoms with Gasteiger partial charge in [-0.15, -0.1) is 0 Å². The molecular formula is C13H14FNO2. The summed E-state index contributed by atoms with van der Waals surface area (Å²) in [5.74, 6) is -0.996. The van der Waals surface area contributed by atoms with E-state index in [1.54, 1.807) is 29.8 Å². The Morgan fingerprint density at radius 2 is 2.06 bits per heavy atom. The van der Waals surface area contributed by atoms with Gasteiger partial charge in [0.1, 0.15) is 5.67 Å². The van der Waals surface area contributed by atoms with Crippen molar-refractivity contribution in [3.63, 3.8) is 0 Å². The van der Waals surface area contributed by atoms with Gasteiger partial charge < -0.3 is 9.67 Å². The van der Waals surface area contributed by atoms with Crippen LogP contribution in [0.3, 0.4) is 0 Å². The zero-order chi connectivity index (χ0) is 12.8. The Morgan fingerprint density at radius 3 is 2.59 bits per heavy atom. The molecule has 1 heterocycles. The maximum Gasteiger partial charge on any atom is 0.336 e. The lowest BCUT2D eigenvalue weighted by molar-refractivity contribution is 0.0699. The Balaban J connectivity index is 2.82. The minimum atomic E-state index is -1.50. The third-order valence-corrected chi connectivity index (χ3v) is 2.93. The molecule has 1 aromatic carbocycles. The molecule has 0 radical (unpaired) electrons. The first-order valence-corrected chi connectivity index (χ1v) is 5.33. The number of rotatable bonds is 2. The Labute approximate surface area is 98.5 Å². The average molecular weight is 235 g/mol. The molecule has 4 heteroatoms. The van der Waals surface area contributed by atoms with Gasteiger partial charge in [0, 0.05) is 18.0 Å². The van der Waals surface area contributed by atoms with Gasteiger partial charge in [0.15, 0.2) is 0 Å². The summed E-state index contributed by atoms with van der Waals surface area (Å²) in [6, 6.07) is 6.59. The standard InChI is InChI=1S/C13H14FNO2/c1-13(2,14)11-7-9-8(12(16)17)5-4-6-10(9)15(11)3/h4-7H,1-3H3,(H,16,17). The summed E-state index contributed by atoms with van der Waals surface area (Å²) in [5.41, 5.74) is -0.0933. The smallest absolute Gasteiger partial charge is 0.336 e. The Hall–Kier alpha value is -1.84. The number of nitrogens with zero attached hydrogens (tertiary/aromatic N) is 1. The van der Waals surface area contributed by atoms with Crippen LogP contribution < -0.4 is 0 Å². The lowest BCUT2D eigenvalue weighted by atomic mass is 10.1. The van der Waals surface area contributed by atoms with Gasteiger partial charge in [0.2, 0.25) is 0 Å². The normalized spacial score (nSPS) is 12.0. The van der Waals surface area contributed by atoms with E-state index in [1.165, 1.54) is 19.9 Å². The van der Waals surface area contributed by atoms with E-state index in [4.69, 9.17) is 5.11 Å². The maximum absolute atomic E-state index is 14.0. The topological polar surface area (TPSA) is 42.2 Å². The van der Waals surface area contributed by atoms with Gasteiger partial charge in [-0.3, -0.25) is 0 Å². The molecule has 0 atom stereocenters. The first-order chi connectivity index (χ1) is 7.82. The highest BCUT2D eigenvalue weighted by Crippen LogP contribution is 2.31. The molecule has 0 aliphatic heterocycles. The van der Waals surface area contributed by atoms with Crippen molar-refractivity contribution in [2.24, 2.45) is 7.05 Å². The molecule has 0 fully saturated rings. The van der Waals surface area contributed by atoms with E-state index >= 15 is 0 Å². The SMILES string of the molecule is Cn1c(C(C)(C)F)cc2c(C(=O)O)cccc21. The van der Waals surface area contributed by atoms with E-state index in [0.29, 0.717) is 11.1 Å². The molecule has 0 aliphatic carbocycles. The van der Waals surface area contributed by atoms with Gasteiger partial charge in [0.25, 0.3) is 0 Å². The van der Waals surface area contributed by atoms with E-state index in [0.717, 1.165) is 5.52 Å². The Kier molecular flexibility index (Phi) is 2.45. The highest BCUT2D eigenvalue weighted by molar-refractivity contribution is 6.03. The van der Waals surface area contributed by atoms with E-state index in [-0.39, 0.29) is 5.56 Å². The van der Waals surface area contributed by atoms with Gasteiger partial charge in [-0.2, -0.15) is 0 Å². The minimum Gasteiger partial charge on any atom is -0.478 e. The van der Waals surface area contributed by atoms with Crippen molar-refractivity contribution in [1.29, 1.82) is 0 Å². The zero-order valence-electron chi connectivity index (χ0n) is 9.99. The van der Waals surface area contributed by atoms with Crippen LogP contribution in [0.15, 0.2) is 24.3 Å². The lowest BCUT2D eigenvalue weighted by Crippen LogP contribution is -2.13. The van der Waals surface area contributed by atoms with Crippen molar-refractivity contribution in [1.82, 2.24) is 4.57 Å². The number of fused-ring (bicyclic) bond motifs is 1. The fourth-order valence-corrected chi connectivity index (χ4v) is 2.12. The number of carbonyl (C=O) groups is 1. The Bertz CT molecular complexity index is 593. The van der Waals surface area contributed by atoms with E-state index in [9.17, 15) is 9.18 Å². The largest absolute Gasteiger partial charge is 0.478 e. The molecule has 2 rings (SSSR count). The molecular weight excluding hydrogens is 221 g/mol. The van der Waals surface area contributed by atoms with Crippen molar-refractivity contribution in [3.05, 3.63) is 35.5 Å². The summed E-state index contributed by atoms with van der Waals surface area (Å²) in [6.07, 6.45) is 0. The van der Waals surface area contributed by atoms with Crippen LogP contribution in [0.5, 0.6) is 0 Å². The first-order valence-electron chi connectivity index (χ1n) is 5.33. The second kappa shape index (κ2) is 3.58. The van der Waals surface area contributed by atoms with Crippen LogP contribution in [0.25, 0.3) is 10.9 Å². The van der Waals surface area contributed by atoms with Gasteiger partial charge in [-0.1, -0.05) is 6.07 Å². The van der Waals surface area contributed by atoms with E-state index in [1.807, 2.05) is 0 Å². The molecule has 90 valence electrons. The summed E-state index contributed by atoms with van der Waals surface area (Å²) in [6.45, 7) is 2.92. The minimum absolute atomic E-state index is 0.202. The molecule has 0 aliphatic rings. The quantitative estimate of drug-likeness (QED) is 0.869. The number of aromatic nitrogens is 1. The molecule has 0 amide bonds. The fraction of sp³-hybridized carbons (Fsp3) is 0.308. The van der Waals surface area contributed by atoms with Gasteiger partial charge >= 0.3 is 5.97 Å². The molecule has 0 saturated heterocycles. The molecule has 0 bridgehead atoms. The third kappa shape index (κ3) is 1.79. The number of aromatic carboxylic acids is 1. The molecule has 3 nitrogen and oxygen atoms in total. The highest BCUT2D eigenvalue weighted by Gasteiger charge is 2.25. The van der Waals surface area contributed by atoms with Crippen molar-refractivity contribution in [2.45, 2.75) is 19.5 Å². The molecule has 17 heavy (non-hydrogen) atoms. The van der Waals surface area contributed by atoms with Gasteiger partial charge in [-0.05, 0) is 32.0 Å². The van der Waals surface area contributed by atoms with Crippen molar-refractivity contribution >= 4 is 16.9 Å². The van der Waals surface area contributed by atoms with Crippen molar-refractivity contribution in [3.8, 4) is 0 Å². The molecule has 1 N–H and O–H groups in total. The molecule has 0 spiro atoms. The summed E-state index contributed by atoms with van der Waals surface area (Å²) in [7, 11) is 1.74. The summed E-state index contributed by atoms with van der Waals surface area (Å²) in [4.78, 5) is 11.1. The van der Waals surface area contributed by atoms with Gasteiger partial charge in [0.05, 0.1) is 11.3 Å². The Morgan fingerprint density at radius 1 is 1.41 bits per heavy atom. The number of alkyl halides is 1. The number of benzene rings is 1. The lowest BCUT2D eigenvalue weighted by Gasteiger charge is -2.15. The maximum atomic E-state index is 14.0. The fourth-order valence-electron chi connectivity index (χ4n) is 2.12. The van der Waals surface area contributed by atoms with Gasteiger partial charge in [-0.25, -0.2) is 9.18 Å². The van der Waals surface area contributed by atoms with Crippen LogP contribution in [-0.2, 0) is 12.7 Å². The molecule has 0 saturated carbocycles. The van der Waals surface area contributed by atoms with Crippen molar-refractivity contribution < 1.29 is 14.3 Å². The first kappa shape index (κ1) is 11.6. The van der Waals surface area contributed by atoms with Crippen LogP contribution in [0, 0.1) is 0 Å². The molecule has 2 aromatic rings.